The first kappa shape index (κ1) is 22.5. The largest absolute Gasteiger partial charge is 0.340 e. The summed E-state index contributed by atoms with van der Waals surface area (Å²) in [4.78, 5) is 29.2. The third-order valence-electron chi connectivity index (χ3n) is 6.51. The third kappa shape index (κ3) is 5.19. The normalized spacial score (nSPS) is 22.1. The van der Waals surface area contributed by atoms with E-state index >= 15 is 0 Å². The first-order valence-electron chi connectivity index (χ1n) is 11.5. The molecule has 3 heterocycles. The van der Waals surface area contributed by atoms with Crippen LogP contribution in [0.4, 0.5) is 0 Å². The highest BCUT2D eigenvalue weighted by Crippen LogP contribution is 2.20. The molecule has 1 aromatic carbocycles. The Morgan fingerprint density at radius 2 is 1.84 bits per heavy atom. The van der Waals surface area contributed by atoms with Crippen LogP contribution in [0.2, 0.25) is 0 Å². The molecule has 2 aromatic rings. The van der Waals surface area contributed by atoms with Crippen molar-refractivity contribution < 1.29 is 9.59 Å². The number of benzene rings is 1. The molecule has 2 aliphatic rings. The van der Waals surface area contributed by atoms with Gasteiger partial charge >= 0.3 is 0 Å². The van der Waals surface area contributed by atoms with E-state index in [4.69, 9.17) is 0 Å². The van der Waals surface area contributed by atoms with Crippen LogP contribution in [0.3, 0.4) is 0 Å². The number of carbonyl (C=O) groups excluding carboxylic acids is 2. The Kier molecular flexibility index (Phi) is 6.91. The Morgan fingerprint density at radius 1 is 1.12 bits per heavy atom. The van der Waals surface area contributed by atoms with Gasteiger partial charge in [-0.3, -0.25) is 19.8 Å². The van der Waals surface area contributed by atoms with Gasteiger partial charge in [0.1, 0.15) is 0 Å². The topological polar surface area (TPSA) is 82.5 Å². The molecule has 0 aliphatic carbocycles. The van der Waals surface area contributed by atoms with Gasteiger partial charge < -0.3 is 10.2 Å². The molecule has 2 aliphatic heterocycles. The van der Waals surface area contributed by atoms with E-state index in [9.17, 15) is 9.59 Å². The maximum Gasteiger partial charge on any atom is 0.224 e. The van der Waals surface area contributed by atoms with Crippen LogP contribution in [0.5, 0.6) is 0 Å². The van der Waals surface area contributed by atoms with Crippen molar-refractivity contribution >= 4 is 11.8 Å². The number of aryl methyl sites for hydroxylation is 1. The van der Waals surface area contributed by atoms with Crippen LogP contribution in [0, 0.1) is 13.8 Å². The van der Waals surface area contributed by atoms with Gasteiger partial charge in [0, 0.05) is 57.3 Å². The van der Waals surface area contributed by atoms with Crippen LogP contribution in [-0.4, -0.2) is 63.6 Å². The van der Waals surface area contributed by atoms with E-state index in [0.717, 1.165) is 49.7 Å². The fraction of sp³-hybridized carbons (Fsp3) is 0.542. The van der Waals surface area contributed by atoms with E-state index < -0.39 is 0 Å². The van der Waals surface area contributed by atoms with Crippen molar-refractivity contribution in [1.29, 1.82) is 0 Å². The van der Waals surface area contributed by atoms with Crippen LogP contribution in [0.15, 0.2) is 30.3 Å². The molecule has 0 radical (unpaired) electrons. The van der Waals surface area contributed by atoms with Crippen molar-refractivity contribution in [1.82, 2.24) is 30.2 Å². The zero-order valence-electron chi connectivity index (χ0n) is 19.3. The Bertz CT molecular complexity index is 949. The van der Waals surface area contributed by atoms with E-state index in [-0.39, 0.29) is 24.1 Å². The van der Waals surface area contributed by atoms with Gasteiger partial charge in [0.2, 0.25) is 11.8 Å². The van der Waals surface area contributed by atoms with E-state index in [0.29, 0.717) is 19.3 Å². The van der Waals surface area contributed by atoms with Crippen LogP contribution >= 0.6 is 0 Å². The number of hydrogen-bond donors (Lipinski definition) is 2. The zero-order chi connectivity index (χ0) is 22.7. The van der Waals surface area contributed by atoms with Crippen molar-refractivity contribution in [2.75, 3.05) is 26.2 Å². The minimum absolute atomic E-state index is 0.0249. The van der Waals surface area contributed by atoms with Gasteiger partial charge in [-0.2, -0.15) is 5.10 Å². The summed E-state index contributed by atoms with van der Waals surface area (Å²) in [5.74, 6) is 0.227. The molecule has 2 fully saturated rings. The Hall–Kier alpha value is -2.71. The monoisotopic (exact) mass is 438 g/mol. The van der Waals surface area contributed by atoms with Gasteiger partial charge in [-0.05, 0) is 38.3 Å². The molecule has 32 heavy (non-hydrogen) atoms. The van der Waals surface area contributed by atoms with Crippen molar-refractivity contribution in [3.05, 3.63) is 52.8 Å². The molecule has 2 amide bonds. The molecular formula is C24H34N6O2. The average Bonchev–Trinajstić information content (AvgIpc) is 3.06. The number of piperazine rings is 1. The number of rotatable bonds is 6. The lowest BCUT2D eigenvalue weighted by atomic mass is 10.1. The van der Waals surface area contributed by atoms with Crippen molar-refractivity contribution in [3.8, 4) is 0 Å². The SMILES string of the molecule is Cc1nn(C2NC(=O)CC(C)N2)c(C)c1CCC(=O)N1CCN(Cc2ccccc2)CC1. The highest BCUT2D eigenvalue weighted by atomic mass is 16.2. The quantitative estimate of drug-likeness (QED) is 0.718. The van der Waals surface area contributed by atoms with Crippen LogP contribution < -0.4 is 10.6 Å². The summed E-state index contributed by atoms with van der Waals surface area (Å²) in [5, 5.41) is 11.0. The maximum atomic E-state index is 12.9. The third-order valence-corrected chi connectivity index (χ3v) is 6.51. The first-order chi connectivity index (χ1) is 15.4. The van der Waals surface area contributed by atoms with Gasteiger partial charge in [-0.1, -0.05) is 30.3 Å². The number of hydrogen-bond acceptors (Lipinski definition) is 5. The van der Waals surface area contributed by atoms with E-state index in [2.05, 4.69) is 44.9 Å². The summed E-state index contributed by atoms with van der Waals surface area (Å²) in [7, 11) is 0. The smallest absolute Gasteiger partial charge is 0.224 e. The molecular weight excluding hydrogens is 404 g/mol. The van der Waals surface area contributed by atoms with Crippen molar-refractivity contribution in [3.63, 3.8) is 0 Å². The minimum Gasteiger partial charge on any atom is -0.340 e. The molecule has 2 saturated heterocycles. The molecule has 2 N–H and O–H groups in total. The minimum atomic E-state index is -0.341. The highest BCUT2D eigenvalue weighted by molar-refractivity contribution is 5.77. The molecule has 1 aromatic heterocycles. The van der Waals surface area contributed by atoms with Gasteiger partial charge in [0.25, 0.3) is 0 Å². The van der Waals surface area contributed by atoms with E-state index in [1.807, 2.05) is 36.4 Å². The molecule has 8 heteroatoms. The van der Waals surface area contributed by atoms with Crippen molar-refractivity contribution in [2.24, 2.45) is 0 Å². The number of nitrogens with one attached hydrogen (secondary N) is 2. The number of nitrogens with zero attached hydrogens (tertiary/aromatic N) is 4. The predicted molar refractivity (Wildman–Crippen MR) is 123 cm³/mol. The van der Waals surface area contributed by atoms with Crippen LogP contribution in [0.1, 0.15) is 48.6 Å². The zero-order valence-corrected chi connectivity index (χ0v) is 19.3. The standard InChI is InChI=1S/C24H34N6O2/c1-17-15-22(31)26-24(25-17)30-19(3)21(18(2)27-30)9-10-23(32)29-13-11-28(12-14-29)16-20-7-5-4-6-8-20/h4-8,17,24-25H,9-16H2,1-3H3,(H,26,31). The summed E-state index contributed by atoms with van der Waals surface area (Å²) < 4.78 is 1.84. The van der Waals surface area contributed by atoms with E-state index in [1.165, 1.54) is 5.56 Å². The molecule has 0 saturated carbocycles. The van der Waals surface area contributed by atoms with Crippen LogP contribution in [-0.2, 0) is 22.6 Å². The maximum absolute atomic E-state index is 12.9. The summed E-state index contributed by atoms with van der Waals surface area (Å²) in [6, 6.07) is 10.6. The summed E-state index contributed by atoms with van der Waals surface area (Å²) in [6.45, 7) is 10.3. The molecule has 8 nitrogen and oxygen atoms in total. The molecule has 2 unspecified atom stereocenters. The van der Waals surface area contributed by atoms with Crippen LogP contribution in [0.25, 0.3) is 0 Å². The fourth-order valence-corrected chi connectivity index (χ4v) is 4.69. The van der Waals surface area contributed by atoms with Gasteiger partial charge in [-0.15, -0.1) is 0 Å². The second kappa shape index (κ2) is 9.83. The van der Waals surface area contributed by atoms with Crippen molar-refractivity contribution in [2.45, 2.75) is 58.9 Å². The van der Waals surface area contributed by atoms with Gasteiger partial charge in [-0.25, -0.2) is 4.68 Å². The Balaban J connectivity index is 1.30. The van der Waals surface area contributed by atoms with E-state index in [1.54, 1.807) is 0 Å². The summed E-state index contributed by atoms with van der Waals surface area (Å²) >= 11 is 0. The number of carbonyl (C=O) groups is 2. The number of aromatic nitrogens is 2. The van der Waals surface area contributed by atoms with Gasteiger partial charge in [0.15, 0.2) is 6.29 Å². The fourth-order valence-electron chi connectivity index (χ4n) is 4.69. The highest BCUT2D eigenvalue weighted by Gasteiger charge is 2.27. The molecule has 4 rings (SSSR count). The molecule has 0 spiro atoms. The first-order valence-corrected chi connectivity index (χ1v) is 11.5. The van der Waals surface area contributed by atoms with Gasteiger partial charge in [0.05, 0.1) is 5.69 Å². The summed E-state index contributed by atoms with van der Waals surface area (Å²) in [5.41, 5.74) is 4.32. The molecule has 0 bridgehead atoms. The predicted octanol–water partition coefficient (Wildman–Crippen LogP) is 1.73. The average molecular weight is 439 g/mol. The molecule has 172 valence electrons. The lowest BCUT2D eigenvalue weighted by Crippen LogP contribution is -2.52. The molecule has 2 atom stereocenters. The Labute approximate surface area is 190 Å². The second-order valence-electron chi connectivity index (χ2n) is 8.98. The summed E-state index contributed by atoms with van der Waals surface area (Å²) in [6.07, 6.45) is 1.27. The lowest BCUT2D eigenvalue weighted by molar-refractivity contribution is -0.133. The lowest BCUT2D eigenvalue weighted by Gasteiger charge is -2.34. The Morgan fingerprint density at radius 3 is 2.53 bits per heavy atom. The number of amides is 2. The second-order valence-corrected chi connectivity index (χ2v) is 8.98.